The molecule has 0 radical (unpaired) electrons. The molecule has 0 atom stereocenters. The van der Waals surface area contributed by atoms with Crippen LogP contribution in [0.25, 0.3) is 11.0 Å². The topological polar surface area (TPSA) is 60.4 Å². The van der Waals surface area contributed by atoms with E-state index in [1.54, 1.807) is 18.2 Å². The minimum absolute atomic E-state index is 0.265. The third-order valence-electron chi connectivity index (χ3n) is 1.73. The normalized spacial score (nSPS) is 10.5. The molecule has 0 bridgehead atoms. The quantitative estimate of drug-likeness (QED) is 0.605. The number of rotatable bonds is 0. The Labute approximate surface area is 72.4 Å². The van der Waals surface area contributed by atoms with Gasteiger partial charge in [0.15, 0.2) is 0 Å². The van der Waals surface area contributed by atoms with Crippen molar-refractivity contribution in [2.75, 3.05) is 0 Å². The minimum Gasteiger partial charge on any atom is -0.394 e. The van der Waals surface area contributed by atoms with Gasteiger partial charge >= 0.3 is 11.4 Å². The van der Waals surface area contributed by atoms with Crippen LogP contribution >= 0.6 is 0 Å². The maximum Gasteiger partial charge on any atom is 0.522 e. The molecule has 0 saturated carbocycles. The lowest BCUT2D eigenvalue weighted by atomic mass is 10.2. The van der Waals surface area contributed by atoms with Crippen molar-refractivity contribution in [3.8, 4) is 0 Å². The second kappa shape index (κ2) is 2.58. The first-order chi connectivity index (χ1) is 6.16. The van der Waals surface area contributed by atoms with E-state index in [2.05, 4.69) is 4.42 Å². The molecule has 0 fully saturated rings. The molecule has 66 valence electrons. The lowest BCUT2D eigenvalue weighted by Gasteiger charge is -1.93. The lowest BCUT2D eigenvalue weighted by Crippen LogP contribution is -2.09. The predicted molar refractivity (Wildman–Crippen MR) is 45.8 cm³/mol. The highest BCUT2D eigenvalue weighted by Gasteiger charge is 2.03. The van der Waals surface area contributed by atoms with Crippen molar-refractivity contribution in [1.82, 2.24) is 0 Å². The van der Waals surface area contributed by atoms with E-state index >= 15 is 0 Å². The first kappa shape index (κ1) is 7.79. The van der Waals surface area contributed by atoms with Gasteiger partial charge in [-0.1, -0.05) is 6.07 Å². The molecule has 0 aliphatic heterocycles. The van der Waals surface area contributed by atoms with Gasteiger partial charge in [-0.3, -0.25) is 0 Å². The molecule has 1 heterocycles. The summed E-state index contributed by atoms with van der Waals surface area (Å²) in [4.78, 5) is 21.8. The molecular formula is C9H6O4. The highest BCUT2D eigenvalue weighted by Crippen LogP contribution is 2.09. The molecule has 1 aromatic carbocycles. The van der Waals surface area contributed by atoms with Crippen molar-refractivity contribution in [2.45, 2.75) is 6.92 Å². The first-order valence-electron chi connectivity index (χ1n) is 3.71. The van der Waals surface area contributed by atoms with Crippen LogP contribution in [-0.4, -0.2) is 0 Å². The summed E-state index contributed by atoms with van der Waals surface area (Å²) in [5, 5.41) is 0.283. The molecule has 0 saturated heterocycles. The summed E-state index contributed by atoms with van der Waals surface area (Å²) in [7, 11) is 0. The molecular weight excluding hydrogens is 172 g/mol. The number of hydrogen-bond acceptors (Lipinski definition) is 4. The fourth-order valence-electron chi connectivity index (χ4n) is 1.12. The number of benzene rings is 1. The molecule has 0 unspecified atom stereocenters. The molecule has 0 N–H and O–H groups in total. The predicted octanol–water partition coefficient (Wildman–Crippen LogP) is 1.05. The van der Waals surface area contributed by atoms with E-state index in [4.69, 9.17) is 4.42 Å². The lowest BCUT2D eigenvalue weighted by molar-refractivity contribution is 0.328. The van der Waals surface area contributed by atoms with E-state index < -0.39 is 11.4 Å². The van der Waals surface area contributed by atoms with Gasteiger partial charge in [-0.25, -0.2) is 9.59 Å². The van der Waals surface area contributed by atoms with Crippen molar-refractivity contribution in [3.05, 3.63) is 44.8 Å². The van der Waals surface area contributed by atoms with Crippen LogP contribution < -0.4 is 11.4 Å². The van der Waals surface area contributed by atoms with Crippen LogP contribution in [0.1, 0.15) is 5.56 Å². The largest absolute Gasteiger partial charge is 0.522 e. The van der Waals surface area contributed by atoms with Gasteiger partial charge in [0.05, 0.1) is 0 Å². The molecule has 0 spiro atoms. The summed E-state index contributed by atoms with van der Waals surface area (Å²) in [6, 6.07) is 4.94. The van der Waals surface area contributed by atoms with Crippen LogP contribution in [0.15, 0.2) is 36.6 Å². The van der Waals surface area contributed by atoms with Gasteiger partial charge in [0.1, 0.15) is 11.0 Å². The molecule has 4 heteroatoms. The molecule has 13 heavy (non-hydrogen) atoms. The second-order valence-electron chi connectivity index (χ2n) is 2.74. The van der Waals surface area contributed by atoms with Gasteiger partial charge in [-0.05, 0) is 24.6 Å². The molecule has 0 amide bonds. The molecule has 2 rings (SSSR count). The summed E-state index contributed by atoms with van der Waals surface area (Å²) in [5.41, 5.74) is 0.522. The Kier molecular flexibility index (Phi) is 1.55. The van der Waals surface area contributed by atoms with E-state index in [1.807, 2.05) is 6.92 Å². The fraction of sp³-hybridized carbons (Fsp3) is 0.111. The van der Waals surface area contributed by atoms with Gasteiger partial charge in [0, 0.05) is 0 Å². The number of hydrogen-bond donors (Lipinski definition) is 0. The fourth-order valence-corrected chi connectivity index (χ4v) is 1.12. The molecule has 4 nitrogen and oxygen atoms in total. The third kappa shape index (κ3) is 1.26. The van der Waals surface area contributed by atoms with E-state index in [-0.39, 0.29) is 11.0 Å². The molecule has 0 aliphatic rings. The van der Waals surface area contributed by atoms with Crippen LogP contribution in [0.4, 0.5) is 0 Å². The Morgan fingerprint density at radius 1 is 1.15 bits per heavy atom. The minimum atomic E-state index is -0.969. The van der Waals surface area contributed by atoms with Crippen molar-refractivity contribution < 1.29 is 8.83 Å². The van der Waals surface area contributed by atoms with Crippen LogP contribution in [0.5, 0.6) is 0 Å². The smallest absolute Gasteiger partial charge is 0.394 e. The van der Waals surface area contributed by atoms with Gasteiger partial charge in [0.2, 0.25) is 0 Å². The maximum atomic E-state index is 11.1. The van der Waals surface area contributed by atoms with E-state index in [0.29, 0.717) is 0 Å². The molecule has 0 aliphatic carbocycles. The summed E-state index contributed by atoms with van der Waals surface area (Å²) in [6.45, 7) is 1.84. The van der Waals surface area contributed by atoms with Gasteiger partial charge in [0.25, 0.3) is 0 Å². The van der Waals surface area contributed by atoms with E-state index in [0.717, 1.165) is 5.56 Å². The molecule has 1 aromatic heterocycles. The highest BCUT2D eigenvalue weighted by molar-refractivity contribution is 5.75. The Balaban J connectivity index is 3.03. The number of fused-ring (bicyclic) bond motifs is 1. The van der Waals surface area contributed by atoms with Crippen molar-refractivity contribution >= 4 is 11.0 Å². The maximum absolute atomic E-state index is 11.1. The van der Waals surface area contributed by atoms with Crippen LogP contribution in [0, 0.1) is 6.92 Å². The number of aryl methyl sites for hydroxylation is 1. The third-order valence-corrected chi connectivity index (χ3v) is 1.73. The van der Waals surface area contributed by atoms with Crippen molar-refractivity contribution in [2.24, 2.45) is 0 Å². The zero-order valence-electron chi connectivity index (χ0n) is 6.87. The average Bonchev–Trinajstić information content (AvgIpc) is 2.02. The zero-order valence-corrected chi connectivity index (χ0v) is 6.87. The second-order valence-corrected chi connectivity index (χ2v) is 2.74. The van der Waals surface area contributed by atoms with E-state index in [9.17, 15) is 9.59 Å². The summed E-state index contributed by atoms with van der Waals surface area (Å²) < 4.78 is 8.95. The van der Waals surface area contributed by atoms with Crippen LogP contribution in [-0.2, 0) is 0 Å². The SMILES string of the molecule is Cc1ccc2c(=O)oc(=O)oc2c1. The monoisotopic (exact) mass is 178 g/mol. The van der Waals surface area contributed by atoms with Crippen LogP contribution in [0.3, 0.4) is 0 Å². The van der Waals surface area contributed by atoms with Gasteiger partial charge in [-0.2, -0.15) is 0 Å². The molecule has 2 aromatic rings. The standard InChI is InChI=1S/C9H6O4/c1-5-2-3-6-7(4-5)12-9(11)13-8(6)10/h2-4H,1H3. The van der Waals surface area contributed by atoms with Crippen molar-refractivity contribution in [1.29, 1.82) is 0 Å². The zero-order chi connectivity index (χ0) is 9.42. The average molecular weight is 178 g/mol. The summed E-state index contributed by atoms with van der Waals surface area (Å²) >= 11 is 0. The first-order valence-corrected chi connectivity index (χ1v) is 3.71. The summed E-state index contributed by atoms with van der Waals surface area (Å²) in [5.74, 6) is -0.969. The summed E-state index contributed by atoms with van der Waals surface area (Å²) in [6.07, 6.45) is 0. The highest BCUT2D eigenvalue weighted by atomic mass is 16.6. The Morgan fingerprint density at radius 3 is 2.69 bits per heavy atom. The Morgan fingerprint density at radius 2 is 1.92 bits per heavy atom. The van der Waals surface area contributed by atoms with Crippen molar-refractivity contribution in [3.63, 3.8) is 0 Å². The van der Waals surface area contributed by atoms with Gasteiger partial charge in [-0.15, -0.1) is 0 Å². The Bertz CT molecular complexity index is 562. The Hall–Kier alpha value is -1.84. The van der Waals surface area contributed by atoms with E-state index in [1.165, 1.54) is 0 Å². The van der Waals surface area contributed by atoms with Gasteiger partial charge < -0.3 is 8.83 Å². The van der Waals surface area contributed by atoms with Crippen LogP contribution in [0.2, 0.25) is 0 Å².